The van der Waals surface area contributed by atoms with Crippen LogP contribution in [0.4, 0.5) is 0 Å². The van der Waals surface area contributed by atoms with Crippen LogP contribution in [0.25, 0.3) is 0 Å². The van der Waals surface area contributed by atoms with Crippen molar-refractivity contribution in [2.24, 2.45) is 0 Å². The van der Waals surface area contributed by atoms with Gasteiger partial charge in [0.15, 0.2) is 0 Å². The Bertz CT molecular complexity index is 124. The molecular weight excluding hydrogens is 107 g/mol. The second-order valence-electron chi connectivity index (χ2n) is 1.31. The summed E-state index contributed by atoms with van der Waals surface area (Å²) in [6.07, 6.45) is 2.87. The third kappa shape index (κ3) is 1.00. The van der Waals surface area contributed by atoms with Gasteiger partial charge in [0.2, 0.25) is 0 Å². The summed E-state index contributed by atoms with van der Waals surface area (Å²) in [5.41, 5.74) is 1.14. The molecule has 0 radical (unpaired) electrons. The van der Waals surface area contributed by atoms with Gasteiger partial charge in [0, 0.05) is 0 Å². The second-order valence-corrected chi connectivity index (χ2v) is 2.00. The molecule has 1 atom stereocenters. The molecule has 1 rings (SSSR count). The Morgan fingerprint density at radius 1 is 1.86 bits per heavy atom. The van der Waals surface area contributed by atoms with Crippen LogP contribution in [0.1, 0.15) is 12.6 Å². The van der Waals surface area contributed by atoms with E-state index in [1.165, 1.54) is 0 Å². The van der Waals surface area contributed by atoms with Crippen molar-refractivity contribution >= 4 is 8.51 Å². The average Bonchev–Trinajstić information content (AvgIpc) is 2.14. The standard InChI is InChI=1S/C4H7N2P/c1-2-4-3-5-7-6-4/h3,7H,2H2,1H3. The predicted octanol–water partition coefficient (Wildman–Crippen LogP) is 1.07. The van der Waals surface area contributed by atoms with Crippen molar-refractivity contribution in [1.82, 2.24) is 9.49 Å². The summed E-state index contributed by atoms with van der Waals surface area (Å²) in [5, 5.41) is 0. The van der Waals surface area contributed by atoms with Gasteiger partial charge >= 0.3 is 0 Å². The predicted molar refractivity (Wildman–Crippen MR) is 30.9 cm³/mol. The number of hydrogen-bond acceptors (Lipinski definition) is 2. The lowest BCUT2D eigenvalue weighted by molar-refractivity contribution is 1.08. The highest BCUT2D eigenvalue weighted by molar-refractivity contribution is 7.20. The zero-order valence-electron chi connectivity index (χ0n) is 4.18. The van der Waals surface area contributed by atoms with Crippen LogP contribution in [0.5, 0.6) is 0 Å². The van der Waals surface area contributed by atoms with Gasteiger partial charge in [-0.05, 0) is 6.42 Å². The molecule has 0 fully saturated rings. The van der Waals surface area contributed by atoms with E-state index in [9.17, 15) is 0 Å². The van der Waals surface area contributed by atoms with E-state index in [4.69, 9.17) is 0 Å². The summed E-state index contributed by atoms with van der Waals surface area (Å²) in [6, 6.07) is 0. The lowest BCUT2D eigenvalue weighted by Crippen LogP contribution is -1.72. The molecule has 0 aliphatic carbocycles. The molecule has 7 heavy (non-hydrogen) atoms. The largest absolute Gasteiger partial charge is 0.228 e. The monoisotopic (exact) mass is 114 g/mol. The Hall–Kier alpha value is -0.360. The molecular formula is C4H7N2P. The number of aryl methyl sites for hydroxylation is 1. The Morgan fingerprint density at radius 2 is 2.71 bits per heavy atom. The molecule has 0 saturated heterocycles. The van der Waals surface area contributed by atoms with Gasteiger partial charge in [0.05, 0.1) is 20.4 Å². The van der Waals surface area contributed by atoms with E-state index in [-0.39, 0.29) is 0 Å². The topological polar surface area (TPSA) is 25.8 Å². The van der Waals surface area contributed by atoms with Crippen LogP contribution in [0.2, 0.25) is 0 Å². The van der Waals surface area contributed by atoms with Crippen molar-refractivity contribution in [2.75, 3.05) is 0 Å². The first-order valence-corrected chi connectivity index (χ1v) is 3.17. The van der Waals surface area contributed by atoms with Crippen LogP contribution >= 0.6 is 8.51 Å². The molecule has 0 bridgehead atoms. The molecule has 0 aromatic carbocycles. The smallest absolute Gasteiger partial charge is 0.0643 e. The third-order valence-corrected chi connectivity index (χ3v) is 1.46. The Morgan fingerprint density at radius 3 is 3.00 bits per heavy atom. The lowest BCUT2D eigenvalue weighted by Gasteiger charge is -1.76. The van der Waals surface area contributed by atoms with Crippen LogP contribution in [-0.2, 0) is 6.42 Å². The fourth-order valence-corrected chi connectivity index (χ4v) is 1.00. The van der Waals surface area contributed by atoms with Crippen LogP contribution in [0.15, 0.2) is 6.20 Å². The van der Waals surface area contributed by atoms with E-state index in [2.05, 4.69) is 16.4 Å². The van der Waals surface area contributed by atoms with Gasteiger partial charge < -0.3 is 0 Å². The minimum atomic E-state index is 0.453. The van der Waals surface area contributed by atoms with Gasteiger partial charge in [-0.25, -0.2) is 9.49 Å². The molecule has 2 nitrogen and oxygen atoms in total. The van der Waals surface area contributed by atoms with E-state index in [1.807, 2.05) is 6.20 Å². The minimum Gasteiger partial charge on any atom is -0.228 e. The molecule has 0 N–H and O–H groups in total. The van der Waals surface area contributed by atoms with Crippen molar-refractivity contribution in [2.45, 2.75) is 13.3 Å². The summed E-state index contributed by atoms with van der Waals surface area (Å²) in [6.45, 7) is 2.08. The quantitative estimate of drug-likeness (QED) is 0.545. The van der Waals surface area contributed by atoms with E-state index in [0.29, 0.717) is 8.51 Å². The van der Waals surface area contributed by atoms with Crippen molar-refractivity contribution in [3.05, 3.63) is 11.9 Å². The fourth-order valence-electron chi connectivity index (χ4n) is 0.396. The maximum Gasteiger partial charge on any atom is 0.0643 e. The molecule has 1 aromatic heterocycles. The van der Waals surface area contributed by atoms with Gasteiger partial charge in [0.1, 0.15) is 0 Å². The molecule has 0 spiro atoms. The summed E-state index contributed by atoms with van der Waals surface area (Å²) < 4.78 is 8.01. The molecule has 1 unspecified atom stereocenters. The van der Waals surface area contributed by atoms with Gasteiger partial charge in [0.25, 0.3) is 0 Å². The van der Waals surface area contributed by atoms with Crippen molar-refractivity contribution < 1.29 is 0 Å². The summed E-state index contributed by atoms with van der Waals surface area (Å²) in [5.74, 6) is 0. The van der Waals surface area contributed by atoms with Crippen molar-refractivity contribution in [3.63, 3.8) is 0 Å². The maximum atomic E-state index is 4.08. The molecule has 1 heterocycles. The minimum absolute atomic E-state index is 0.453. The van der Waals surface area contributed by atoms with E-state index in [0.717, 1.165) is 12.1 Å². The van der Waals surface area contributed by atoms with Gasteiger partial charge in [-0.15, -0.1) is 0 Å². The van der Waals surface area contributed by atoms with Crippen LogP contribution < -0.4 is 0 Å². The number of aromatic nitrogens is 2. The third-order valence-electron chi connectivity index (χ3n) is 0.827. The summed E-state index contributed by atoms with van der Waals surface area (Å²) in [4.78, 5) is 0. The SMILES string of the molecule is CCc1cn[pH]n1. The van der Waals surface area contributed by atoms with E-state index < -0.39 is 0 Å². The highest BCUT2D eigenvalue weighted by atomic mass is 31.1. The zero-order chi connectivity index (χ0) is 5.11. The zero-order valence-corrected chi connectivity index (χ0v) is 5.18. The first-order chi connectivity index (χ1) is 3.43. The Kier molecular flexibility index (Phi) is 1.42. The average molecular weight is 114 g/mol. The van der Waals surface area contributed by atoms with E-state index in [1.54, 1.807) is 0 Å². The van der Waals surface area contributed by atoms with Crippen LogP contribution in [-0.4, -0.2) is 9.49 Å². The maximum absolute atomic E-state index is 4.08. The molecule has 38 valence electrons. The number of rotatable bonds is 1. The van der Waals surface area contributed by atoms with Gasteiger partial charge in [-0.1, -0.05) is 6.92 Å². The van der Waals surface area contributed by atoms with E-state index >= 15 is 0 Å². The molecule has 0 aliphatic rings. The molecule has 3 heteroatoms. The normalized spacial score (nSPS) is 10.4. The summed E-state index contributed by atoms with van der Waals surface area (Å²) >= 11 is 0. The van der Waals surface area contributed by atoms with Crippen LogP contribution in [0.3, 0.4) is 0 Å². The van der Waals surface area contributed by atoms with Crippen molar-refractivity contribution in [3.8, 4) is 0 Å². The number of nitrogens with zero attached hydrogens (tertiary/aromatic N) is 2. The van der Waals surface area contributed by atoms with Gasteiger partial charge in [-0.3, -0.25) is 0 Å². The molecule has 0 aliphatic heterocycles. The Balaban J connectivity index is 2.76. The Labute approximate surface area is 44.2 Å². The second kappa shape index (κ2) is 2.08. The molecule has 0 amide bonds. The van der Waals surface area contributed by atoms with Crippen LogP contribution in [0, 0.1) is 0 Å². The molecule has 1 aromatic rings. The highest BCUT2D eigenvalue weighted by Crippen LogP contribution is 1.97. The first kappa shape index (κ1) is 4.79. The lowest BCUT2D eigenvalue weighted by atomic mass is 10.4. The highest BCUT2D eigenvalue weighted by Gasteiger charge is 1.84. The molecule has 0 saturated carbocycles. The van der Waals surface area contributed by atoms with Crippen molar-refractivity contribution in [1.29, 1.82) is 0 Å². The fraction of sp³-hybridized carbons (Fsp3) is 0.500. The summed E-state index contributed by atoms with van der Waals surface area (Å²) in [7, 11) is 0.453. The van der Waals surface area contributed by atoms with Gasteiger partial charge in [-0.2, -0.15) is 0 Å². The number of hydrogen-bond donors (Lipinski definition) is 0. The first-order valence-electron chi connectivity index (χ1n) is 2.28.